The molecule has 0 spiro atoms. The highest BCUT2D eigenvalue weighted by atomic mass is 16.2. The van der Waals surface area contributed by atoms with Crippen LogP contribution in [0.2, 0.25) is 0 Å². The minimum absolute atomic E-state index is 0.0391. The maximum absolute atomic E-state index is 13.4. The minimum atomic E-state index is -0.672. The van der Waals surface area contributed by atoms with Gasteiger partial charge >= 0.3 is 0 Å². The van der Waals surface area contributed by atoms with E-state index in [0.29, 0.717) is 25.9 Å². The third-order valence-corrected chi connectivity index (χ3v) is 5.01. The fourth-order valence-corrected chi connectivity index (χ4v) is 3.52. The summed E-state index contributed by atoms with van der Waals surface area (Å²) in [5, 5.41) is 2.91. The third kappa shape index (κ3) is 5.80. The van der Waals surface area contributed by atoms with Crippen molar-refractivity contribution < 1.29 is 9.59 Å². The Morgan fingerprint density at radius 2 is 1.33 bits per heavy atom. The van der Waals surface area contributed by atoms with Crippen LogP contribution in [0.25, 0.3) is 0 Å². The first-order valence-electron chi connectivity index (χ1n) is 10.4. The summed E-state index contributed by atoms with van der Waals surface area (Å²) < 4.78 is 0. The van der Waals surface area contributed by atoms with Crippen LogP contribution < -0.4 is 5.32 Å². The summed E-state index contributed by atoms with van der Waals surface area (Å²) in [4.78, 5) is 28.1. The molecule has 4 nitrogen and oxygen atoms in total. The molecule has 1 unspecified atom stereocenters. The molecule has 0 aliphatic carbocycles. The van der Waals surface area contributed by atoms with Gasteiger partial charge in [0.1, 0.15) is 6.04 Å². The van der Waals surface area contributed by atoms with Crippen molar-refractivity contribution >= 4 is 11.8 Å². The van der Waals surface area contributed by atoms with Gasteiger partial charge in [0.25, 0.3) is 0 Å². The average Bonchev–Trinajstić information content (AvgIpc) is 2.79. The number of amides is 2. The summed E-state index contributed by atoms with van der Waals surface area (Å²) in [6.07, 6.45) is 0.988. The normalized spacial score (nSPS) is 11.5. The molecule has 0 aliphatic heterocycles. The smallest absolute Gasteiger partial charge is 0.247 e. The van der Waals surface area contributed by atoms with Gasteiger partial charge in [-0.25, -0.2) is 0 Å². The van der Waals surface area contributed by atoms with Crippen molar-refractivity contribution in [1.29, 1.82) is 0 Å². The standard InChI is InChI=1S/C26H28N2O2/c1-2-27-26(30)25(23-16-10-5-11-17-23)28(20-22-14-8-4-9-15-22)24(29)19-18-21-12-6-3-7-13-21/h3-17,25H,2,18-20H2,1H3,(H,27,30). The SMILES string of the molecule is CCNC(=O)C(c1ccccc1)N(Cc1ccccc1)C(=O)CCc1ccccc1. The zero-order valence-electron chi connectivity index (χ0n) is 17.3. The second-order valence-corrected chi connectivity index (χ2v) is 7.20. The molecule has 3 rings (SSSR count). The molecule has 0 radical (unpaired) electrons. The molecule has 0 aliphatic rings. The van der Waals surface area contributed by atoms with E-state index in [-0.39, 0.29) is 11.8 Å². The Morgan fingerprint density at radius 3 is 1.90 bits per heavy atom. The second kappa shape index (κ2) is 11.0. The number of hydrogen-bond acceptors (Lipinski definition) is 2. The number of nitrogens with one attached hydrogen (secondary N) is 1. The maximum Gasteiger partial charge on any atom is 0.247 e. The molecule has 0 bridgehead atoms. The summed E-state index contributed by atoms with van der Waals surface area (Å²) in [6, 6.07) is 28.6. The van der Waals surface area contributed by atoms with E-state index in [1.807, 2.05) is 97.9 Å². The predicted molar refractivity (Wildman–Crippen MR) is 120 cm³/mol. The van der Waals surface area contributed by atoms with E-state index in [1.165, 1.54) is 0 Å². The van der Waals surface area contributed by atoms with Crippen molar-refractivity contribution in [2.75, 3.05) is 6.54 Å². The van der Waals surface area contributed by atoms with Crippen LogP contribution in [0, 0.1) is 0 Å². The van der Waals surface area contributed by atoms with Crippen molar-refractivity contribution in [3.63, 3.8) is 0 Å². The van der Waals surface area contributed by atoms with E-state index in [9.17, 15) is 9.59 Å². The molecule has 2 amide bonds. The van der Waals surface area contributed by atoms with E-state index in [1.54, 1.807) is 4.90 Å². The van der Waals surface area contributed by atoms with Gasteiger partial charge in [-0.3, -0.25) is 9.59 Å². The molecule has 3 aromatic carbocycles. The van der Waals surface area contributed by atoms with E-state index in [0.717, 1.165) is 16.7 Å². The summed E-state index contributed by atoms with van der Waals surface area (Å²) >= 11 is 0. The van der Waals surface area contributed by atoms with Gasteiger partial charge in [0, 0.05) is 19.5 Å². The molecule has 3 aromatic rings. The monoisotopic (exact) mass is 400 g/mol. The number of aryl methyl sites for hydroxylation is 1. The molecule has 0 saturated heterocycles. The van der Waals surface area contributed by atoms with Crippen molar-refractivity contribution in [2.24, 2.45) is 0 Å². The summed E-state index contributed by atoms with van der Waals surface area (Å²) in [5.74, 6) is -0.199. The largest absolute Gasteiger partial charge is 0.354 e. The first-order valence-corrected chi connectivity index (χ1v) is 10.4. The fourth-order valence-electron chi connectivity index (χ4n) is 3.52. The van der Waals surface area contributed by atoms with Gasteiger partial charge in [-0.1, -0.05) is 91.0 Å². The van der Waals surface area contributed by atoms with E-state index >= 15 is 0 Å². The highest BCUT2D eigenvalue weighted by molar-refractivity contribution is 5.88. The second-order valence-electron chi connectivity index (χ2n) is 7.20. The molecule has 1 atom stereocenters. The number of benzene rings is 3. The van der Waals surface area contributed by atoms with Gasteiger partial charge < -0.3 is 10.2 Å². The predicted octanol–water partition coefficient (Wildman–Crippen LogP) is 4.53. The van der Waals surface area contributed by atoms with Crippen LogP contribution in [0.4, 0.5) is 0 Å². The first-order chi connectivity index (χ1) is 14.7. The van der Waals surface area contributed by atoms with Crippen LogP contribution in [0.15, 0.2) is 91.0 Å². The van der Waals surface area contributed by atoms with Gasteiger partial charge in [0.05, 0.1) is 0 Å². The van der Waals surface area contributed by atoms with Crippen LogP contribution in [-0.2, 0) is 22.6 Å². The molecule has 30 heavy (non-hydrogen) atoms. The van der Waals surface area contributed by atoms with Crippen molar-refractivity contribution in [3.05, 3.63) is 108 Å². The molecule has 1 N–H and O–H groups in total. The van der Waals surface area contributed by atoms with E-state index in [2.05, 4.69) is 5.32 Å². The van der Waals surface area contributed by atoms with Gasteiger partial charge in [-0.05, 0) is 30.0 Å². The highest BCUT2D eigenvalue weighted by Gasteiger charge is 2.30. The summed E-state index contributed by atoms with van der Waals surface area (Å²) in [7, 11) is 0. The van der Waals surface area contributed by atoms with Crippen LogP contribution in [-0.4, -0.2) is 23.3 Å². The Balaban J connectivity index is 1.90. The first kappa shape index (κ1) is 21.3. The molecular weight excluding hydrogens is 372 g/mol. The van der Waals surface area contributed by atoms with Crippen molar-refractivity contribution in [2.45, 2.75) is 32.4 Å². The van der Waals surface area contributed by atoms with Crippen LogP contribution in [0.3, 0.4) is 0 Å². The Bertz CT molecular complexity index is 927. The Morgan fingerprint density at radius 1 is 0.800 bits per heavy atom. The highest BCUT2D eigenvalue weighted by Crippen LogP contribution is 2.25. The molecule has 154 valence electrons. The summed E-state index contributed by atoms with van der Waals surface area (Å²) in [5.41, 5.74) is 2.92. The average molecular weight is 401 g/mol. The molecule has 0 heterocycles. The molecule has 0 fully saturated rings. The Labute approximate surface area is 178 Å². The number of carbonyl (C=O) groups excluding carboxylic acids is 2. The zero-order valence-corrected chi connectivity index (χ0v) is 17.3. The lowest BCUT2D eigenvalue weighted by Gasteiger charge is -2.31. The quantitative estimate of drug-likeness (QED) is 0.574. The van der Waals surface area contributed by atoms with Crippen molar-refractivity contribution in [3.8, 4) is 0 Å². The fraction of sp³-hybridized carbons (Fsp3) is 0.231. The lowest BCUT2D eigenvalue weighted by atomic mass is 10.0. The zero-order chi connectivity index (χ0) is 21.2. The number of carbonyl (C=O) groups is 2. The summed E-state index contributed by atoms with van der Waals surface area (Å²) in [6.45, 7) is 2.78. The van der Waals surface area contributed by atoms with E-state index in [4.69, 9.17) is 0 Å². The molecular formula is C26H28N2O2. The number of hydrogen-bond donors (Lipinski definition) is 1. The van der Waals surface area contributed by atoms with Crippen LogP contribution in [0.1, 0.15) is 36.1 Å². The van der Waals surface area contributed by atoms with E-state index < -0.39 is 6.04 Å². The Kier molecular flexibility index (Phi) is 7.78. The van der Waals surface area contributed by atoms with Gasteiger partial charge in [-0.15, -0.1) is 0 Å². The lowest BCUT2D eigenvalue weighted by Crippen LogP contribution is -2.43. The van der Waals surface area contributed by atoms with Gasteiger partial charge in [-0.2, -0.15) is 0 Å². The van der Waals surface area contributed by atoms with Gasteiger partial charge in [0.15, 0.2) is 0 Å². The number of rotatable bonds is 9. The topological polar surface area (TPSA) is 49.4 Å². The number of likely N-dealkylation sites (N-methyl/N-ethyl adjacent to an activating group) is 1. The van der Waals surface area contributed by atoms with Crippen LogP contribution >= 0.6 is 0 Å². The third-order valence-electron chi connectivity index (χ3n) is 5.01. The molecule has 0 aromatic heterocycles. The van der Waals surface area contributed by atoms with Crippen molar-refractivity contribution in [1.82, 2.24) is 10.2 Å². The lowest BCUT2D eigenvalue weighted by molar-refractivity contribution is -0.141. The Hall–Kier alpha value is -3.40. The van der Waals surface area contributed by atoms with Crippen LogP contribution in [0.5, 0.6) is 0 Å². The molecule has 4 heteroatoms. The maximum atomic E-state index is 13.4. The van der Waals surface area contributed by atoms with Gasteiger partial charge in [0.2, 0.25) is 11.8 Å². The molecule has 0 saturated carbocycles. The number of nitrogens with zero attached hydrogens (tertiary/aromatic N) is 1. The minimum Gasteiger partial charge on any atom is -0.354 e.